The molecular formula is C8H9NO3. The van der Waals surface area contributed by atoms with Gasteiger partial charge in [-0.3, -0.25) is 4.79 Å². The highest BCUT2D eigenvalue weighted by Crippen LogP contribution is 2.28. The van der Waals surface area contributed by atoms with Crippen LogP contribution in [0.2, 0.25) is 0 Å². The van der Waals surface area contributed by atoms with E-state index in [9.17, 15) is 4.79 Å². The van der Waals surface area contributed by atoms with Gasteiger partial charge in [-0.15, -0.1) is 0 Å². The van der Waals surface area contributed by atoms with E-state index < -0.39 is 5.97 Å². The largest absolute Gasteiger partial charge is 0.481 e. The Kier molecular flexibility index (Phi) is 1.60. The number of hydrogen-bond donors (Lipinski definition) is 1. The number of carbonyl (C=O) groups is 1. The highest BCUT2D eigenvalue weighted by Gasteiger charge is 2.26. The lowest BCUT2D eigenvalue weighted by atomic mass is 10.0. The van der Waals surface area contributed by atoms with Gasteiger partial charge in [0.05, 0.1) is 6.20 Å². The number of nitrogens with zero attached hydrogens (tertiary/aromatic N) is 1. The highest BCUT2D eigenvalue weighted by molar-refractivity contribution is 5.67. The molecule has 1 heterocycles. The Bertz CT molecular complexity index is 285. The molecule has 1 aliphatic carbocycles. The van der Waals surface area contributed by atoms with Crippen LogP contribution in [-0.4, -0.2) is 16.2 Å². The summed E-state index contributed by atoms with van der Waals surface area (Å²) in [5.74, 6) is 0.332. The quantitative estimate of drug-likeness (QED) is 0.709. The zero-order valence-corrected chi connectivity index (χ0v) is 6.49. The number of fused-ring (bicyclic) bond motifs is 1. The monoisotopic (exact) mass is 167 g/mol. The van der Waals surface area contributed by atoms with Gasteiger partial charge in [-0.2, -0.15) is 0 Å². The van der Waals surface area contributed by atoms with Crippen LogP contribution in [0.25, 0.3) is 0 Å². The van der Waals surface area contributed by atoms with E-state index in [1.54, 1.807) is 6.20 Å². The first-order valence-corrected chi connectivity index (χ1v) is 3.90. The molecule has 4 nitrogen and oxygen atoms in total. The minimum atomic E-state index is -0.738. The number of aromatic nitrogens is 1. The van der Waals surface area contributed by atoms with Gasteiger partial charge < -0.3 is 9.63 Å². The second kappa shape index (κ2) is 2.62. The van der Waals surface area contributed by atoms with Crippen LogP contribution in [0, 0.1) is 5.92 Å². The molecule has 1 aromatic rings. The third kappa shape index (κ3) is 1.20. The van der Waals surface area contributed by atoms with E-state index in [2.05, 4.69) is 5.16 Å². The molecule has 64 valence electrons. The lowest BCUT2D eigenvalue weighted by Crippen LogP contribution is -2.07. The van der Waals surface area contributed by atoms with Crippen LogP contribution >= 0.6 is 0 Å². The van der Waals surface area contributed by atoms with Crippen LogP contribution in [0.3, 0.4) is 0 Å². The van der Waals surface area contributed by atoms with Crippen molar-refractivity contribution in [3.63, 3.8) is 0 Å². The van der Waals surface area contributed by atoms with Gasteiger partial charge in [-0.1, -0.05) is 5.16 Å². The van der Waals surface area contributed by atoms with Crippen molar-refractivity contribution in [1.82, 2.24) is 5.16 Å². The maximum absolute atomic E-state index is 10.4. The smallest absolute Gasteiger partial charge is 0.303 e. The molecule has 0 spiro atoms. The number of hydrogen-bond acceptors (Lipinski definition) is 3. The van der Waals surface area contributed by atoms with Gasteiger partial charge in [0, 0.05) is 18.4 Å². The summed E-state index contributed by atoms with van der Waals surface area (Å²) in [4.78, 5) is 10.4. The molecule has 1 atom stereocenters. The molecule has 0 bridgehead atoms. The molecular weight excluding hydrogens is 158 g/mol. The van der Waals surface area contributed by atoms with Crippen molar-refractivity contribution < 1.29 is 14.4 Å². The summed E-state index contributed by atoms with van der Waals surface area (Å²) in [5.41, 5.74) is 1.07. The Labute approximate surface area is 69.2 Å². The molecule has 0 amide bonds. The maximum atomic E-state index is 10.4. The van der Waals surface area contributed by atoms with Crippen LogP contribution in [0.15, 0.2) is 10.7 Å². The van der Waals surface area contributed by atoms with Gasteiger partial charge >= 0.3 is 5.97 Å². The van der Waals surface area contributed by atoms with Crippen molar-refractivity contribution in [2.24, 2.45) is 5.92 Å². The molecule has 0 aromatic carbocycles. The van der Waals surface area contributed by atoms with Crippen LogP contribution in [-0.2, 0) is 17.6 Å². The van der Waals surface area contributed by atoms with E-state index in [0.29, 0.717) is 0 Å². The molecule has 1 aromatic heterocycles. The molecule has 4 heteroatoms. The van der Waals surface area contributed by atoms with E-state index in [4.69, 9.17) is 9.63 Å². The molecule has 12 heavy (non-hydrogen) atoms. The van der Waals surface area contributed by atoms with Gasteiger partial charge in [0.15, 0.2) is 0 Å². The molecule has 0 aliphatic heterocycles. The number of carboxylic acids is 1. The molecule has 1 aliphatic rings. The summed E-state index contributed by atoms with van der Waals surface area (Å²) in [5, 5.41) is 12.2. The van der Waals surface area contributed by atoms with Crippen molar-refractivity contribution in [2.45, 2.75) is 19.3 Å². The van der Waals surface area contributed by atoms with E-state index in [1.807, 2.05) is 0 Å². The Morgan fingerprint density at radius 2 is 2.58 bits per heavy atom. The van der Waals surface area contributed by atoms with Gasteiger partial charge in [-0.05, 0) is 12.3 Å². The van der Waals surface area contributed by atoms with Crippen LogP contribution in [0.1, 0.15) is 17.7 Å². The lowest BCUT2D eigenvalue weighted by molar-refractivity contribution is -0.138. The maximum Gasteiger partial charge on any atom is 0.303 e. The van der Waals surface area contributed by atoms with Gasteiger partial charge in [-0.25, -0.2) is 0 Å². The molecule has 0 radical (unpaired) electrons. The Hall–Kier alpha value is -1.32. The van der Waals surface area contributed by atoms with Crippen molar-refractivity contribution in [1.29, 1.82) is 0 Å². The first-order chi connectivity index (χ1) is 5.75. The highest BCUT2D eigenvalue weighted by atomic mass is 16.5. The topological polar surface area (TPSA) is 63.3 Å². The standard InChI is InChI=1S/C8H9NO3/c10-8(11)3-5-1-6-4-9-12-7(6)2-5/h4-5H,1-3H2,(H,10,11). The van der Waals surface area contributed by atoms with Crippen molar-refractivity contribution in [3.8, 4) is 0 Å². The first kappa shape index (κ1) is 7.34. The van der Waals surface area contributed by atoms with Crippen molar-refractivity contribution in [2.75, 3.05) is 0 Å². The second-order valence-electron chi connectivity index (χ2n) is 3.15. The van der Waals surface area contributed by atoms with Gasteiger partial charge in [0.2, 0.25) is 0 Å². The van der Waals surface area contributed by atoms with Crippen molar-refractivity contribution in [3.05, 3.63) is 17.5 Å². The number of rotatable bonds is 2. The molecule has 1 N–H and O–H groups in total. The molecule has 1 unspecified atom stereocenters. The average molecular weight is 167 g/mol. The van der Waals surface area contributed by atoms with E-state index in [0.717, 1.165) is 24.2 Å². The SMILES string of the molecule is O=C(O)CC1Cc2cnoc2C1. The van der Waals surface area contributed by atoms with E-state index in [1.165, 1.54) is 0 Å². The minimum Gasteiger partial charge on any atom is -0.481 e. The third-order valence-corrected chi connectivity index (χ3v) is 2.18. The normalized spacial score (nSPS) is 20.8. The first-order valence-electron chi connectivity index (χ1n) is 3.90. The lowest BCUT2D eigenvalue weighted by Gasteiger charge is -2.02. The average Bonchev–Trinajstić information content (AvgIpc) is 2.43. The fourth-order valence-electron chi connectivity index (χ4n) is 1.66. The Balaban J connectivity index is 2.03. The fraction of sp³-hybridized carbons (Fsp3) is 0.500. The number of aliphatic carboxylic acids is 1. The summed E-state index contributed by atoms with van der Waals surface area (Å²) in [6.07, 6.45) is 3.42. The summed E-state index contributed by atoms with van der Waals surface area (Å²) < 4.78 is 4.94. The van der Waals surface area contributed by atoms with E-state index in [-0.39, 0.29) is 12.3 Å². The van der Waals surface area contributed by atoms with Crippen molar-refractivity contribution >= 4 is 5.97 Å². The fourth-order valence-corrected chi connectivity index (χ4v) is 1.66. The second-order valence-corrected chi connectivity index (χ2v) is 3.15. The van der Waals surface area contributed by atoms with E-state index >= 15 is 0 Å². The summed E-state index contributed by atoms with van der Waals surface area (Å²) in [6.45, 7) is 0. The third-order valence-electron chi connectivity index (χ3n) is 2.18. The molecule has 0 saturated heterocycles. The zero-order valence-electron chi connectivity index (χ0n) is 6.49. The number of carboxylic acid groups (broad SMARTS) is 1. The zero-order chi connectivity index (χ0) is 8.55. The summed E-state index contributed by atoms with van der Waals surface area (Å²) >= 11 is 0. The Morgan fingerprint density at radius 1 is 1.75 bits per heavy atom. The molecule has 2 rings (SSSR count). The van der Waals surface area contributed by atoms with Crippen LogP contribution in [0.5, 0.6) is 0 Å². The predicted octanol–water partition coefficient (Wildman–Crippen LogP) is 0.864. The van der Waals surface area contributed by atoms with Crippen LogP contribution in [0.4, 0.5) is 0 Å². The summed E-state index contributed by atoms with van der Waals surface area (Å²) in [7, 11) is 0. The minimum absolute atomic E-state index is 0.208. The van der Waals surface area contributed by atoms with Crippen LogP contribution < -0.4 is 0 Å². The Morgan fingerprint density at radius 3 is 3.25 bits per heavy atom. The molecule has 0 fully saturated rings. The predicted molar refractivity (Wildman–Crippen MR) is 39.7 cm³/mol. The molecule has 0 saturated carbocycles. The van der Waals surface area contributed by atoms with Gasteiger partial charge in [0.1, 0.15) is 5.76 Å². The summed E-state index contributed by atoms with van der Waals surface area (Å²) in [6, 6.07) is 0. The van der Waals surface area contributed by atoms with Gasteiger partial charge in [0.25, 0.3) is 0 Å².